The lowest BCUT2D eigenvalue weighted by molar-refractivity contribution is -0.149. The van der Waals surface area contributed by atoms with Crippen molar-refractivity contribution in [3.63, 3.8) is 0 Å². The Morgan fingerprint density at radius 1 is 1.18 bits per heavy atom. The number of methoxy groups -OCH3 is 1. The third-order valence-electron chi connectivity index (χ3n) is 2.15. The number of hydrogen-bond donors (Lipinski definition) is 1. The van der Waals surface area contributed by atoms with E-state index < -0.39 is 12.2 Å². The van der Waals surface area contributed by atoms with Crippen LogP contribution in [0, 0.1) is 0 Å². The first-order valence-corrected chi connectivity index (χ1v) is 4.99. The van der Waals surface area contributed by atoms with Gasteiger partial charge in [0, 0.05) is 7.11 Å². The van der Waals surface area contributed by atoms with E-state index in [2.05, 4.69) is 0 Å². The van der Waals surface area contributed by atoms with E-state index in [0.717, 1.165) is 0 Å². The van der Waals surface area contributed by atoms with Crippen LogP contribution < -0.4 is 10.5 Å². The molecule has 0 saturated heterocycles. The first kappa shape index (κ1) is 13.8. The largest absolute Gasteiger partial charge is 0.491 e. The topological polar surface area (TPSA) is 44.5 Å². The molecule has 0 aromatic heterocycles. The van der Waals surface area contributed by atoms with Gasteiger partial charge in [-0.25, -0.2) is 0 Å². The highest BCUT2D eigenvalue weighted by Gasteiger charge is 2.37. The van der Waals surface area contributed by atoms with E-state index in [4.69, 9.17) is 15.2 Å². The van der Waals surface area contributed by atoms with Crippen LogP contribution in [-0.4, -0.2) is 26.5 Å². The van der Waals surface area contributed by atoms with Gasteiger partial charge in [0.15, 0.2) is 0 Å². The second-order valence-corrected chi connectivity index (χ2v) is 3.43. The summed E-state index contributed by atoms with van der Waals surface area (Å²) in [5.41, 5.74) is 5.07. The molecule has 0 aliphatic rings. The Morgan fingerprint density at radius 3 is 2.24 bits per heavy atom. The molecule has 1 aromatic carbocycles. The fourth-order valence-electron chi connectivity index (χ4n) is 1.20. The lowest BCUT2D eigenvalue weighted by Gasteiger charge is -2.16. The average molecular weight is 249 g/mol. The number of halogens is 3. The van der Waals surface area contributed by atoms with Crippen LogP contribution in [0.15, 0.2) is 24.3 Å². The van der Waals surface area contributed by atoms with Crippen LogP contribution in [-0.2, 0) is 4.74 Å². The van der Waals surface area contributed by atoms with Crippen LogP contribution in [0.3, 0.4) is 0 Å². The summed E-state index contributed by atoms with van der Waals surface area (Å²) in [7, 11) is 1.54. The van der Waals surface area contributed by atoms with Crippen molar-refractivity contribution in [1.82, 2.24) is 0 Å². The second-order valence-electron chi connectivity index (χ2n) is 3.43. The van der Waals surface area contributed by atoms with Crippen molar-refractivity contribution >= 4 is 0 Å². The van der Waals surface area contributed by atoms with Crippen molar-refractivity contribution in [2.45, 2.75) is 12.2 Å². The molecule has 0 heterocycles. The number of rotatable bonds is 5. The quantitative estimate of drug-likeness (QED) is 0.814. The van der Waals surface area contributed by atoms with Gasteiger partial charge < -0.3 is 15.2 Å². The van der Waals surface area contributed by atoms with Crippen molar-refractivity contribution in [2.75, 3.05) is 20.3 Å². The van der Waals surface area contributed by atoms with Crippen LogP contribution in [0.4, 0.5) is 13.2 Å². The third kappa shape index (κ3) is 4.24. The van der Waals surface area contributed by atoms with Gasteiger partial charge in [-0.3, -0.25) is 0 Å². The van der Waals surface area contributed by atoms with E-state index in [0.29, 0.717) is 19.0 Å². The summed E-state index contributed by atoms with van der Waals surface area (Å²) >= 11 is 0. The van der Waals surface area contributed by atoms with E-state index >= 15 is 0 Å². The fourth-order valence-corrected chi connectivity index (χ4v) is 1.20. The summed E-state index contributed by atoms with van der Waals surface area (Å²) in [6.07, 6.45) is -4.43. The van der Waals surface area contributed by atoms with E-state index in [-0.39, 0.29) is 5.56 Å². The second kappa shape index (κ2) is 5.88. The maximum Gasteiger partial charge on any atom is 0.407 e. The molecular formula is C11H14F3NO2. The van der Waals surface area contributed by atoms with E-state index in [1.54, 1.807) is 0 Å². The SMILES string of the molecule is COCCOc1ccc(C(N)C(F)(F)F)cc1. The van der Waals surface area contributed by atoms with Gasteiger partial charge in [0.2, 0.25) is 0 Å². The molecule has 0 fully saturated rings. The summed E-state index contributed by atoms with van der Waals surface area (Å²) in [5, 5.41) is 0. The van der Waals surface area contributed by atoms with Gasteiger partial charge in [0.1, 0.15) is 18.4 Å². The van der Waals surface area contributed by atoms with Crippen molar-refractivity contribution in [1.29, 1.82) is 0 Å². The molecule has 1 aromatic rings. The van der Waals surface area contributed by atoms with Crippen molar-refractivity contribution in [3.8, 4) is 5.75 Å². The third-order valence-corrected chi connectivity index (χ3v) is 2.15. The Labute approximate surface area is 97.3 Å². The monoisotopic (exact) mass is 249 g/mol. The predicted octanol–water partition coefficient (Wildman–Crippen LogP) is 2.27. The minimum Gasteiger partial charge on any atom is -0.491 e. The first-order valence-electron chi connectivity index (χ1n) is 4.99. The van der Waals surface area contributed by atoms with Crippen molar-refractivity contribution in [3.05, 3.63) is 29.8 Å². The molecule has 0 amide bonds. The summed E-state index contributed by atoms with van der Waals surface area (Å²) < 4.78 is 46.9. The molecule has 0 aliphatic carbocycles. The van der Waals surface area contributed by atoms with Crippen LogP contribution in [0.5, 0.6) is 5.75 Å². The molecular weight excluding hydrogens is 235 g/mol. The zero-order chi connectivity index (χ0) is 12.9. The predicted molar refractivity (Wildman–Crippen MR) is 56.8 cm³/mol. The summed E-state index contributed by atoms with van der Waals surface area (Å²) in [4.78, 5) is 0. The highest BCUT2D eigenvalue weighted by molar-refractivity contribution is 5.29. The molecule has 1 unspecified atom stereocenters. The number of alkyl halides is 3. The molecule has 0 bridgehead atoms. The van der Waals surface area contributed by atoms with Gasteiger partial charge in [0.25, 0.3) is 0 Å². The maximum absolute atomic E-state index is 12.3. The van der Waals surface area contributed by atoms with Gasteiger partial charge >= 0.3 is 6.18 Å². The Morgan fingerprint density at radius 2 is 1.76 bits per heavy atom. The van der Waals surface area contributed by atoms with Crippen LogP contribution in [0.25, 0.3) is 0 Å². The minimum atomic E-state index is -4.43. The highest BCUT2D eigenvalue weighted by Crippen LogP contribution is 2.31. The van der Waals surface area contributed by atoms with Crippen LogP contribution in [0.1, 0.15) is 11.6 Å². The number of hydrogen-bond acceptors (Lipinski definition) is 3. The number of benzene rings is 1. The maximum atomic E-state index is 12.3. The molecule has 3 nitrogen and oxygen atoms in total. The van der Waals surface area contributed by atoms with Gasteiger partial charge in [0.05, 0.1) is 6.61 Å². The molecule has 96 valence electrons. The summed E-state index contributed by atoms with van der Waals surface area (Å²) in [6, 6.07) is 3.56. The zero-order valence-corrected chi connectivity index (χ0v) is 9.33. The zero-order valence-electron chi connectivity index (χ0n) is 9.33. The van der Waals surface area contributed by atoms with Gasteiger partial charge in [-0.2, -0.15) is 13.2 Å². The Kier molecular flexibility index (Phi) is 4.77. The van der Waals surface area contributed by atoms with Gasteiger partial charge in [-0.15, -0.1) is 0 Å². The first-order chi connectivity index (χ1) is 7.95. The van der Waals surface area contributed by atoms with Gasteiger partial charge in [-0.05, 0) is 17.7 Å². The molecule has 2 N–H and O–H groups in total. The van der Waals surface area contributed by atoms with Crippen LogP contribution >= 0.6 is 0 Å². The highest BCUT2D eigenvalue weighted by atomic mass is 19.4. The van der Waals surface area contributed by atoms with Crippen LogP contribution in [0.2, 0.25) is 0 Å². The van der Waals surface area contributed by atoms with E-state index in [9.17, 15) is 13.2 Å². The molecule has 0 aliphatic heterocycles. The smallest absolute Gasteiger partial charge is 0.407 e. The standard InChI is InChI=1S/C11H14F3NO2/c1-16-6-7-17-9-4-2-8(3-5-9)10(15)11(12,13)14/h2-5,10H,6-7,15H2,1H3. The van der Waals surface area contributed by atoms with Crippen molar-refractivity contribution < 1.29 is 22.6 Å². The molecule has 1 rings (SSSR count). The number of ether oxygens (including phenoxy) is 2. The Balaban J connectivity index is 2.61. The van der Waals surface area contributed by atoms with E-state index in [1.807, 2.05) is 0 Å². The summed E-state index contributed by atoms with van der Waals surface area (Å²) in [6.45, 7) is 0.769. The van der Waals surface area contributed by atoms with Crippen molar-refractivity contribution in [2.24, 2.45) is 5.73 Å². The normalized spacial score (nSPS) is 13.5. The Hall–Kier alpha value is -1.27. The molecule has 0 spiro atoms. The lowest BCUT2D eigenvalue weighted by Crippen LogP contribution is -2.28. The molecule has 17 heavy (non-hydrogen) atoms. The Bertz CT molecular complexity index is 338. The molecule has 0 radical (unpaired) electrons. The minimum absolute atomic E-state index is 0.0107. The molecule has 6 heteroatoms. The summed E-state index contributed by atoms with van der Waals surface area (Å²) in [5.74, 6) is 0.486. The van der Waals surface area contributed by atoms with E-state index in [1.165, 1.54) is 31.4 Å². The lowest BCUT2D eigenvalue weighted by atomic mass is 10.1. The average Bonchev–Trinajstić information content (AvgIpc) is 2.28. The molecule has 0 saturated carbocycles. The number of nitrogens with two attached hydrogens (primary N) is 1. The molecule has 1 atom stereocenters. The van der Waals surface area contributed by atoms with Gasteiger partial charge in [-0.1, -0.05) is 12.1 Å². The fraction of sp³-hybridized carbons (Fsp3) is 0.455.